The molecule has 0 radical (unpaired) electrons. The maximum Gasteiger partial charge on any atom is 0.416 e. The van der Waals surface area contributed by atoms with E-state index in [1.807, 2.05) is 0 Å². The van der Waals surface area contributed by atoms with Crippen LogP contribution in [0.4, 0.5) is 13.2 Å². The van der Waals surface area contributed by atoms with Crippen LogP contribution in [0.3, 0.4) is 0 Å². The second-order valence-corrected chi connectivity index (χ2v) is 9.37. The van der Waals surface area contributed by atoms with Crippen LogP contribution in [0.1, 0.15) is 39.2 Å². The highest BCUT2D eigenvalue weighted by atomic mass is 32.2. The molecule has 0 saturated carbocycles. The van der Waals surface area contributed by atoms with Gasteiger partial charge in [-0.05, 0) is 70.4 Å². The van der Waals surface area contributed by atoms with Crippen molar-refractivity contribution in [2.45, 2.75) is 49.4 Å². The van der Waals surface area contributed by atoms with E-state index in [1.165, 1.54) is 6.07 Å². The standard InChI is InChI=1S/C17H24F3NO2S/c1-4-21-10-8-13(9-11-21)16(2,3)24(22,23)15-7-5-6-14(12-15)17(18,19)20/h5-7,12-13H,4,8-11H2,1-3H3. The molecule has 0 N–H and O–H groups in total. The molecule has 0 atom stereocenters. The Morgan fingerprint density at radius 1 is 1.17 bits per heavy atom. The highest BCUT2D eigenvalue weighted by Gasteiger charge is 2.44. The van der Waals surface area contributed by atoms with Crippen molar-refractivity contribution in [3.05, 3.63) is 29.8 Å². The van der Waals surface area contributed by atoms with Crippen LogP contribution in [0.2, 0.25) is 0 Å². The van der Waals surface area contributed by atoms with Crippen LogP contribution < -0.4 is 0 Å². The van der Waals surface area contributed by atoms with Crippen LogP contribution in [0.15, 0.2) is 29.2 Å². The number of benzene rings is 1. The first kappa shape index (κ1) is 19.2. The molecule has 1 saturated heterocycles. The van der Waals surface area contributed by atoms with Crippen LogP contribution in [0, 0.1) is 5.92 Å². The molecule has 1 fully saturated rings. The van der Waals surface area contributed by atoms with Crippen molar-refractivity contribution in [1.29, 1.82) is 0 Å². The van der Waals surface area contributed by atoms with Crippen molar-refractivity contribution in [1.82, 2.24) is 4.90 Å². The summed E-state index contributed by atoms with van der Waals surface area (Å²) < 4.78 is 63.6. The van der Waals surface area contributed by atoms with Crippen LogP contribution in [0.25, 0.3) is 0 Å². The summed E-state index contributed by atoms with van der Waals surface area (Å²) in [5.41, 5.74) is -0.930. The maximum absolute atomic E-state index is 13.0. The average molecular weight is 363 g/mol. The van der Waals surface area contributed by atoms with Gasteiger partial charge in [-0.25, -0.2) is 8.42 Å². The lowest BCUT2D eigenvalue weighted by atomic mass is 9.86. The summed E-state index contributed by atoms with van der Waals surface area (Å²) in [6, 6.07) is 4.06. The van der Waals surface area contributed by atoms with Gasteiger partial charge in [0.05, 0.1) is 15.2 Å². The van der Waals surface area contributed by atoms with Gasteiger partial charge in [-0.2, -0.15) is 13.2 Å². The minimum Gasteiger partial charge on any atom is -0.304 e. The summed E-state index contributed by atoms with van der Waals surface area (Å²) >= 11 is 0. The lowest BCUT2D eigenvalue weighted by molar-refractivity contribution is -0.137. The molecule has 0 aliphatic carbocycles. The summed E-state index contributed by atoms with van der Waals surface area (Å²) in [5, 5.41) is 0. The third-order valence-corrected chi connectivity index (χ3v) is 7.78. The highest BCUT2D eigenvalue weighted by Crippen LogP contribution is 2.39. The van der Waals surface area contributed by atoms with E-state index < -0.39 is 26.3 Å². The zero-order valence-corrected chi connectivity index (χ0v) is 15.0. The van der Waals surface area contributed by atoms with Crippen molar-refractivity contribution >= 4 is 9.84 Å². The Morgan fingerprint density at radius 2 is 1.75 bits per heavy atom. The van der Waals surface area contributed by atoms with Gasteiger partial charge in [0.1, 0.15) is 0 Å². The van der Waals surface area contributed by atoms with Gasteiger partial charge in [-0.3, -0.25) is 0 Å². The fraction of sp³-hybridized carbons (Fsp3) is 0.647. The van der Waals surface area contributed by atoms with Crippen molar-refractivity contribution in [3.8, 4) is 0 Å². The maximum atomic E-state index is 13.0. The molecular formula is C17H24F3NO2S. The lowest BCUT2D eigenvalue weighted by Gasteiger charge is -2.40. The van der Waals surface area contributed by atoms with Gasteiger partial charge < -0.3 is 4.90 Å². The molecular weight excluding hydrogens is 339 g/mol. The predicted molar refractivity (Wildman–Crippen MR) is 87.5 cm³/mol. The zero-order chi connectivity index (χ0) is 18.2. The Kier molecular flexibility index (Phi) is 5.35. The first-order valence-electron chi connectivity index (χ1n) is 8.14. The second-order valence-electron chi connectivity index (χ2n) is 6.84. The monoisotopic (exact) mass is 363 g/mol. The van der Waals surface area contributed by atoms with E-state index in [0.29, 0.717) is 0 Å². The van der Waals surface area contributed by atoms with Gasteiger partial charge in [-0.1, -0.05) is 13.0 Å². The third-order valence-electron chi connectivity index (χ3n) is 5.18. The van der Waals surface area contributed by atoms with E-state index >= 15 is 0 Å². The van der Waals surface area contributed by atoms with Crippen LogP contribution in [0.5, 0.6) is 0 Å². The minimum absolute atomic E-state index is 0.0696. The fourth-order valence-electron chi connectivity index (χ4n) is 3.31. The number of hydrogen-bond donors (Lipinski definition) is 0. The van der Waals surface area contributed by atoms with Gasteiger partial charge in [0.2, 0.25) is 0 Å². The lowest BCUT2D eigenvalue weighted by Crippen LogP contribution is -2.46. The average Bonchev–Trinajstić information content (AvgIpc) is 2.54. The van der Waals surface area contributed by atoms with Gasteiger partial charge in [0.15, 0.2) is 9.84 Å². The van der Waals surface area contributed by atoms with Crippen LogP contribution in [-0.4, -0.2) is 37.7 Å². The molecule has 1 aliphatic rings. The summed E-state index contributed by atoms with van der Waals surface area (Å²) in [6.07, 6.45) is -3.08. The molecule has 1 heterocycles. The molecule has 1 aliphatic heterocycles. The van der Waals surface area contributed by atoms with Gasteiger partial charge in [-0.15, -0.1) is 0 Å². The normalized spacial score (nSPS) is 18.8. The highest BCUT2D eigenvalue weighted by molar-refractivity contribution is 7.92. The van der Waals surface area contributed by atoms with Crippen molar-refractivity contribution in [2.75, 3.05) is 19.6 Å². The number of alkyl halides is 3. The SMILES string of the molecule is CCN1CCC(C(C)(C)S(=O)(=O)c2cccc(C(F)(F)F)c2)CC1. The van der Waals surface area contributed by atoms with E-state index in [1.54, 1.807) is 13.8 Å². The van der Waals surface area contributed by atoms with Gasteiger partial charge >= 0.3 is 6.18 Å². The number of rotatable bonds is 4. The Labute approximate surface area is 141 Å². The Balaban J connectivity index is 2.32. The first-order valence-corrected chi connectivity index (χ1v) is 9.62. The topological polar surface area (TPSA) is 37.4 Å². The van der Waals surface area contributed by atoms with E-state index in [2.05, 4.69) is 11.8 Å². The van der Waals surface area contributed by atoms with Gasteiger partial charge in [0.25, 0.3) is 0 Å². The molecule has 7 heteroatoms. The van der Waals surface area contributed by atoms with Crippen molar-refractivity contribution in [3.63, 3.8) is 0 Å². The molecule has 0 bridgehead atoms. The number of likely N-dealkylation sites (tertiary alicyclic amines) is 1. The van der Waals surface area contributed by atoms with Crippen LogP contribution >= 0.6 is 0 Å². The Bertz CT molecular complexity index is 675. The number of halogens is 3. The molecule has 0 amide bonds. The van der Waals surface area contributed by atoms with Gasteiger partial charge in [0, 0.05) is 0 Å². The largest absolute Gasteiger partial charge is 0.416 e. The smallest absolute Gasteiger partial charge is 0.304 e. The first-order chi connectivity index (χ1) is 11.0. The summed E-state index contributed by atoms with van der Waals surface area (Å²) in [4.78, 5) is 2.00. The van der Waals surface area contributed by atoms with Crippen molar-refractivity contribution < 1.29 is 21.6 Å². The molecule has 0 aromatic heterocycles. The number of nitrogens with zero attached hydrogens (tertiary/aromatic N) is 1. The van der Waals surface area contributed by atoms with Crippen LogP contribution in [-0.2, 0) is 16.0 Å². The minimum atomic E-state index is -4.55. The predicted octanol–water partition coefficient (Wildman–Crippen LogP) is 3.99. The molecule has 0 unspecified atom stereocenters. The Hall–Kier alpha value is -1.08. The number of hydrogen-bond acceptors (Lipinski definition) is 3. The summed E-state index contributed by atoms with van der Waals surface area (Å²) in [5.74, 6) is -0.0696. The van der Waals surface area contributed by atoms with E-state index in [-0.39, 0.29) is 10.8 Å². The zero-order valence-electron chi connectivity index (χ0n) is 14.2. The Morgan fingerprint density at radius 3 is 2.25 bits per heavy atom. The molecule has 3 nitrogen and oxygen atoms in total. The molecule has 1 aromatic rings. The molecule has 2 rings (SSSR count). The molecule has 1 aromatic carbocycles. The molecule has 0 spiro atoms. The summed E-state index contributed by atoms with van der Waals surface area (Å²) in [6.45, 7) is 7.90. The van der Waals surface area contributed by atoms with E-state index in [9.17, 15) is 21.6 Å². The second kappa shape index (κ2) is 6.67. The van der Waals surface area contributed by atoms with E-state index in [4.69, 9.17) is 0 Å². The molecule has 24 heavy (non-hydrogen) atoms. The fourth-order valence-corrected chi connectivity index (χ4v) is 5.13. The summed E-state index contributed by atoms with van der Waals surface area (Å²) in [7, 11) is -3.86. The van der Waals surface area contributed by atoms with E-state index in [0.717, 1.165) is 50.7 Å². The third kappa shape index (κ3) is 3.61. The number of piperidine rings is 1. The quantitative estimate of drug-likeness (QED) is 0.812. The number of sulfone groups is 1. The molecule has 136 valence electrons. The van der Waals surface area contributed by atoms with Crippen molar-refractivity contribution in [2.24, 2.45) is 5.92 Å².